The fraction of sp³-hybridized carbons (Fsp3) is 0.269. The van der Waals surface area contributed by atoms with Gasteiger partial charge in [0.2, 0.25) is 11.8 Å². The van der Waals surface area contributed by atoms with Gasteiger partial charge in [0.1, 0.15) is 6.04 Å². The summed E-state index contributed by atoms with van der Waals surface area (Å²) in [4.78, 5) is 56.6. The summed E-state index contributed by atoms with van der Waals surface area (Å²) >= 11 is 0. The van der Waals surface area contributed by atoms with Gasteiger partial charge in [-0.15, -0.1) is 0 Å². The highest BCUT2D eigenvalue weighted by Crippen LogP contribution is 2.40. The van der Waals surface area contributed by atoms with Gasteiger partial charge in [0, 0.05) is 18.0 Å². The molecule has 34 heavy (non-hydrogen) atoms. The van der Waals surface area contributed by atoms with Crippen LogP contribution in [0.25, 0.3) is 10.9 Å². The Morgan fingerprint density at radius 2 is 1.85 bits per heavy atom. The fourth-order valence-electron chi connectivity index (χ4n) is 4.80. The molecule has 1 saturated heterocycles. The normalized spacial score (nSPS) is 18.4. The molecule has 8 nitrogen and oxygen atoms in total. The highest BCUT2D eigenvalue weighted by molar-refractivity contribution is 6.28. The Bertz CT molecular complexity index is 1340. The van der Waals surface area contributed by atoms with Crippen LogP contribution in [-0.4, -0.2) is 34.7 Å². The van der Waals surface area contributed by atoms with Crippen LogP contribution < -0.4 is 15.5 Å². The summed E-state index contributed by atoms with van der Waals surface area (Å²) in [5, 5.41) is 5.98. The lowest BCUT2D eigenvalue weighted by Gasteiger charge is -2.30. The maximum absolute atomic E-state index is 13.4. The summed E-state index contributed by atoms with van der Waals surface area (Å²) in [5.74, 6) is -1.31. The highest BCUT2D eigenvalue weighted by atomic mass is 16.2. The minimum atomic E-state index is -0.788. The lowest BCUT2D eigenvalue weighted by molar-refractivity contribution is -0.134. The van der Waals surface area contributed by atoms with E-state index in [1.165, 1.54) is 11.1 Å². The number of benzene rings is 2. The Hall–Kier alpha value is -4.07. The van der Waals surface area contributed by atoms with Gasteiger partial charge in [-0.3, -0.25) is 34.4 Å². The lowest BCUT2D eigenvalue weighted by atomic mass is 9.95. The van der Waals surface area contributed by atoms with E-state index in [1.807, 2.05) is 44.2 Å². The molecule has 3 heterocycles. The number of anilines is 1. The van der Waals surface area contributed by atoms with Crippen molar-refractivity contribution in [1.82, 2.24) is 15.6 Å². The summed E-state index contributed by atoms with van der Waals surface area (Å²) in [5.41, 5.74) is 2.69. The number of hydrogen-bond acceptors (Lipinski definition) is 5. The molecular weight excluding hydrogens is 432 g/mol. The molecule has 0 aliphatic carbocycles. The molecule has 0 radical (unpaired) electrons. The number of amides is 4. The minimum absolute atomic E-state index is 0.153. The molecule has 2 unspecified atom stereocenters. The monoisotopic (exact) mass is 456 g/mol. The standard InChI is InChI=1S/C26H24N4O4/c1-14(2)22(15-6-4-3-5-7-15)29-24(32)17-9-8-16-21-18(12-13-27-23(17)21)30(26(16)34)19-10-11-20(31)28-25(19)33/h3-9,12-14,19,22H,10-11H2,1-2H3,(H,29,32)(H,28,31,33). The topological polar surface area (TPSA) is 108 Å². The van der Waals surface area contributed by atoms with Gasteiger partial charge < -0.3 is 5.32 Å². The molecule has 3 aromatic rings. The van der Waals surface area contributed by atoms with Gasteiger partial charge in [-0.2, -0.15) is 0 Å². The second-order valence-electron chi connectivity index (χ2n) is 8.96. The molecule has 2 aliphatic rings. The fourth-order valence-corrected chi connectivity index (χ4v) is 4.80. The molecule has 0 spiro atoms. The molecule has 5 rings (SSSR count). The highest BCUT2D eigenvalue weighted by Gasteiger charge is 2.41. The summed E-state index contributed by atoms with van der Waals surface area (Å²) in [7, 11) is 0. The van der Waals surface area contributed by atoms with Crippen LogP contribution in [0.5, 0.6) is 0 Å². The van der Waals surface area contributed by atoms with E-state index in [1.54, 1.807) is 18.2 Å². The van der Waals surface area contributed by atoms with Crippen LogP contribution >= 0.6 is 0 Å². The zero-order valence-corrected chi connectivity index (χ0v) is 18.9. The minimum Gasteiger partial charge on any atom is -0.345 e. The largest absolute Gasteiger partial charge is 0.345 e. The van der Waals surface area contributed by atoms with Crippen LogP contribution in [0.1, 0.15) is 59.0 Å². The van der Waals surface area contributed by atoms with Crippen LogP contribution in [-0.2, 0) is 9.59 Å². The number of aromatic nitrogens is 1. The molecule has 4 amide bonds. The van der Waals surface area contributed by atoms with Crippen molar-refractivity contribution in [2.45, 2.75) is 38.8 Å². The number of carbonyl (C=O) groups is 4. The lowest BCUT2D eigenvalue weighted by Crippen LogP contribution is -2.53. The molecule has 1 aromatic heterocycles. The van der Waals surface area contributed by atoms with Gasteiger partial charge in [-0.25, -0.2) is 0 Å². The van der Waals surface area contributed by atoms with Crippen LogP contribution in [0.2, 0.25) is 0 Å². The maximum atomic E-state index is 13.4. The molecule has 1 fully saturated rings. The quantitative estimate of drug-likeness (QED) is 0.574. The number of piperidine rings is 1. The van der Waals surface area contributed by atoms with E-state index >= 15 is 0 Å². The number of imide groups is 1. The van der Waals surface area contributed by atoms with Crippen LogP contribution in [0, 0.1) is 5.92 Å². The summed E-state index contributed by atoms with van der Waals surface area (Å²) in [6, 6.07) is 13.7. The zero-order valence-electron chi connectivity index (χ0n) is 18.9. The molecule has 8 heteroatoms. The maximum Gasteiger partial charge on any atom is 0.259 e. The Kier molecular flexibility index (Phi) is 5.36. The summed E-state index contributed by atoms with van der Waals surface area (Å²) in [6.07, 6.45) is 1.94. The molecular formula is C26H24N4O4. The summed E-state index contributed by atoms with van der Waals surface area (Å²) < 4.78 is 0. The van der Waals surface area contributed by atoms with Crippen molar-refractivity contribution in [3.63, 3.8) is 0 Å². The first-order valence-electron chi connectivity index (χ1n) is 11.3. The molecule has 2 aromatic carbocycles. The number of carbonyl (C=O) groups excluding carboxylic acids is 4. The Labute approximate surface area is 196 Å². The first-order valence-corrected chi connectivity index (χ1v) is 11.3. The van der Waals surface area contributed by atoms with Crippen LogP contribution in [0.3, 0.4) is 0 Å². The first-order chi connectivity index (χ1) is 16.4. The smallest absolute Gasteiger partial charge is 0.259 e. The predicted octanol–water partition coefficient (Wildman–Crippen LogP) is 3.13. The van der Waals surface area contributed by atoms with Gasteiger partial charge >= 0.3 is 0 Å². The van der Waals surface area contributed by atoms with Gasteiger partial charge in [0.05, 0.1) is 28.4 Å². The van der Waals surface area contributed by atoms with E-state index in [4.69, 9.17) is 0 Å². The SMILES string of the molecule is CC(C)C(NC(=O)c1ccc2c3c(ccnc13)N(C1CCC(=O)NC1=O)C2=O)c1ccccc1. The van der Waals surface area contributed by atoms with Gasteiger partial charge in [-0.05, 0) is 36.1 Å². The molecule has 2 N–H and O–H groups in total. The van der Waals surface area contributed by atoms with Crippen molar-refractivity contribution in [2.75, 3.05) is 4.90 Å². The van der Waals surface area contributed by atoms with Crippen molar-refractivity contribution in [1.29, 1.82) is 0 Å². The van der Waals surface area contributed by atoms with E-state index < -0.39 is 11.9 Å². The van der Waals surface area contributed by atoms with E-state index in [0.29, 0.717) is 27.7 Å². The molecule has 2 aliphatic heterocycles. The second-order valence-corrected chi connectivity index (χ2v) is 8.96. The zero-order chi connectivity index (χ0) is 24.0. The molecule has 0 saturated carbocycles. The average Bonchev–Trinajstić information content (AvgIpc) is 3.11. The summed E-state index contributed by atoms with van der Waals surface area (Å²) in [6.45, 7) is 4.08. The van der Waals surface area contributed by atoms with Crippen molar-refractivity contribution in [3.8, 4) is 0 Å². The van der Waals surface area contributed by atoms with Crippen LogP contribution in [0.4, 0.5) is 5.69 Å². The average molecular weight is 457 g/mol. The number of nitrogens with zero attached hydrogens (tertiary/aromatic N) is 2. The third-order valence-corrected chi connectivity index (χ3v) is 6.46. The molecule has 2 atom stereocenters. The van der Waals surface area contributed by atoms with Gasteiger partial charge in [0.15, 0.2) is 0 Å². The Morgan fingerprint density at radius 3 is 2.56 bits per heavy atom. The first kappa shape index (κ1) is 21.8. The number of hydrogen-bond donors (Lipinski definition) is 2. The van der Waals surface area contributed by atoms with Crippen molar-refractivity contribution in [2.24, 2.45) is 5.92 Å². The Balaban J connectivity index is 1.53. The van der Waals surface area contributed by atoms with E-state index in [0.717, 1.165) is 5.56 Å². The third-order valence-electron chi connectivity index (χ3n) is 6.46. The third kappa shape index (κ3) is 3.51. The number of nitrogens with one attached hydrogen (secondary N) is 2. The van der Waals surface area contributed by atoms with Gasteiger partial charge in [0.25, 0.3) is 11.8 Å². The molecule has 0 bridgehead atoms. The number of pyridine rings is 1. The predicted molar refractivity (Wildman–Crippen MR) is 126 cm³/mol. The van der Waals surface area contributed by atoms with Crippen LogP contribution in [0.15, 0.2) is 54.7 Å². The number of rotatable bonds is 5. The van der Waals surface area contributed by atoms with Crippen molar-refractivity contribution >= 4 is 40.2 Å². The van der Waals surface area contributed by atoms with E-state index in [9.17, 15) is 19.2 Å². The van der Waals surface area contributed by atoms with Gasteiger partial charge in [-0.1, -0.05) is 44.2 Å². The second kappa shape index (κ2) is 8.37. The van der Waals surface area contributed by atoms with E-state index in [2.05, 4.69) is 15.6 Å². The Morgan fingerprint density at radius 1 is 1.09 bits per heavy atom. The van der Waals surface area contributed by atoms with Crippen molar-refractivity contribution in [3.05, 3.63) is 71.4 Å². The molecule has 172 valence electrons. The van der Waals surface area contributed by atoms with E-state index in [-0.39, 0.29) is 42.5 Å². The van der Waals surface area contributed by atoms with Crippen molar-refractivity contribution < 1.29 is 19.2 Å².